The molecule has 3 rings (SSSR count). The summed E-state index contributed by atoms with van der Waals surface area (Å²) in [6.45, 7) is 4.70. The Hall–Kier alpha value is -3.56. The average Bonchev–Trinajstić information content (AvgIpc) is 3.42. The summed E-state index contributed by atoms with van der Waals surface area (Å²) in [6.07, 6.45) is 2.67. The zero-order chi connectivity index (χ0) is 28.4. The van der Waals surface area contributed by atoms with Crippen LogP contribution in [-0.2, 0) is 27.2 Å². The minimum Gasteiger partial charge on any atom is -0.497 e. The number of carbonyl (C=O) groups is 3. The second kappa shape index (κ2) is 14.6. The van der Waals surface area contributed by atoms with Gasteiger partial charge in [0.1, 0.15) is 11.5 Å². The maximum absolute atomic E-state index is 13.6. The van der Waals surface area contributed by atoms with Crippen LogP contribution in [0.3, 0.4) is 0 Å². The normalized spacial score (nSPS) is 17.0. The van der Waals surface area contributed by atoms with Gasteiger partial charge in [0.05, 0.1) is 19.2 Å². The van der Waals surface area contributed by atoms with Crippen LogP contribution in [0.25, 0.3) is 0 Å². The molecule has 3 atom stereocenters. The summed E-state index contributed by atoms with van der Waals surface area (Å²) < 4.78 is 5.22. The maximum atomic E-state index is 13.6. The summed E-state index contributed by atoms with van der Waals surface area (Å²) in [6, 6.07) is 16.2. The molecule has 210 valence electrons. The third-order valence-corrected chi connectivity index (χ3v) is 7.22. The Morgan fingerprint density at radius 1 is 1.13 bits per heavy atom. The Bertz CT molecular complexity index is 1140. The summed E-state index contributed by atoms with van der Waals surface area (Å²) in [5.74, 6) is -0.0602. The largest absolute Gasteiger partial charge is 0.497 e. The molecule has 9 heteroatoms. The quantitative estimate of drug-likeness (QED) is 0.403. The van der Waals surface area contributed by atoms with Gasteiger partial charge >= 0.3 is 0 Å². The molecule has 0 spiro atoms. The highest BCUT2D eigenvalue weighted by Gasteiger charge is 2.33. The van der Waals surface area contributed by atoms with Crippen LogP contribution >= 0.6 is 0 Å². The molecule has 0 saturated carbocycles. The summed E-state index contributed by atoms with van der Waals surface area (Å²) in [4.78, 5) is 46.7. The van der Waals surface area contributed by atoms with Crippen LogP contribution in [0.1, 0.15) is 37.8 Å². The van der Waals surface area contributed by atoms with Crippen molar-refractivity contribution in [2.75, 3.05) is 33.8 Å². The number of carbonyl (C=O) groups excluding carboxylic acids is 3. The molecule has 1 fully saturated rings. The minimum atomic E-state index is -0.719. The van der Waals surface area contributed by atoms with Gasteiger partial charge in [-0.05, 0) is 69.8 Å². The summed E-state index contributed by atoms with van der Waals surface area (Å²) in [7, 11) is 3.28. The minimum absolute atomic E-state index is 0.149. The monoisotopic (exact) mass is 535 g/mol. The third-order valence-electron chi connectivity index (χ3n) is 7.22. The Morgan fingerprint density at radius 3 is 2.46 bits per heavy atom. The topological polar surface area (TPSA) is 117 Å². The Labute approximate surface area is 231 Å². The van der Waals surface area contributed by atoms with E-state index in [2.05, 4.69) is 10.3 Å². The molecule has 2 aromatic carbocycles. The number of aliphatic imine (C=N–C) groups is 1. The van der Waals surface area contributed by atoms with E-state index >= 15 is 0 Å². The van der Waals surface area contributed by atoms with E-state index in [0.717, 1.165) is 29.7 Å². The molecule has 3 amide bonds. The van der Waals surface area contributed by atoms with E-state index in [1.807, 2.05) is 54.6 Å². The predicted molar refractivity (Wildman–Crippen MR) is 153 cm³/mol. The second-order valence-corrected chi connectivity index (χ2v) is 10.0. The number of methoxy groups -OCH3 is 1. The van der Waals surface area contributed by atoms with Gasteiger partial charge in [-0.15, -0.1) is 0 Å². The average molecular weight is 536 g/mol. The molecule has 1 heterocycles. The molecule has 3 N–H and O–H groups in total. The SMILES string of the molecule is CN[C@@H](C)C(=O)N=C(C)C(=O)N1CCC[C@H]1CN(CCc1ccccc1)C(=O)[C@H](N)Cc1ccc(OC)cc1. The first kappa shape index (κ1) is 30.0. The van der Waals surface area contributed by atoms with Crippen molar-refractivity contribution in [2.24, 2.45) is 10.7 Å². The van der Waals surface area contributed by atoms with Gasteiger partial charge in [0.25, 0.3) is 11.8 Å². The van der Waals surface area contributed by atoms with Crippen molar-refractivity contribution in [1.82, 2.24) is 15.1 Å². The number of rotatable bonds is 12. The van der Waals surface area contributed by atoms with Crippen LogP contribution in [0.4, 0.5) is 0 Å². The van der Waals surface area contributed by atoms with E-state index in [0.29, 0.717) is 32.5 Å². The number of nitrogens with zero attached hydrogens (tertiary/aromatic N) is 3. The zero-order valence-electron chi connectivity index (χ0n) is 23.4. The van der Waals surface area contributed by atoms with Crippen molar-refractivity contribution in [3.8, 4) is 5.75 Å². The first-order valence-corrected chi connectivity index (χ1v) is 13.5. The van der Waals surface area contributed by atoms with E-state index in [4.69, 9.17) is 10.5 Å². The number of benzene rings is 2. The lowest BCUT2D eigenvalue weighted by molar-refractivity contribution is -0.135. The number of nitrogens with one attached hydrogen (secondary N) is 1. The number of amides is 3. The van der Waals surface area contributed by atoms with Gasteiger partial charge in [0.15, 0.2) is 0 Å². The summed E-state index contributed by atoms with van der Waals surface area (Å²) in [5, 5.41) is 2.84. The van der Waals surface area contributed by atoms with Crippen molar-refractivity contribution in [1.29, 1.82) is 0 Å². The number of ether oxygens (including phenoxy) is 1. The van der Waals surface area contributed by atoms with Gasteiger partial charge in [-0.2, -0.15) is 0 Å². The van der Waals surface area contributed by atoms with Crippen molar-refractivity contribution in [3.05, 3.63) is 65.7 Å². The molecule has 0 unspecified atom stereocenters. The molecule has 1 aliphatic heterocycles. The fourth-order valence-corrected chi connectivity index (χ4v) is 4.73. The summed E-state index contributed by atoms with van der Waals surface area (Å²) >= 11 is 0. The van der Waals surface area contributed by atoms with Gasteiger partial charge in [0.2, 0.25) is 5.91 Å². The lowest BCUT2D eigenvalue weighted by Crippen LogP contribution is -2.51. The molecule has 0 aromatic heterocycles. The molecule has 9 nitrogen and oxygen atoms in total. The van der Waals surface area contributed by atoms with Crippen molar-refractivity contribution < 1.29 is 19.1 Å². The lowest BCUT2D eigenvalue weighted by atomic mass is 10.0. The van der Waals surface area contributed by atoms with Crippen LogP contribution in [0.15, 0.2) is 59.6 Å². The van der Waals surface area contributed by atoms with Crippen LogP contribution in [0, 0.1) is 0 Å². The van der Waals surface area contributed by atoms with Crippen LogP contribution < -0.4 is 15.8 Å². The van der Waals surface area contributed by atoms with E-state index in [-0.39, 0.29) is 29.5 Å². The summed E-state index contributed by atoms with van der Waals surface area (Å²) in [5.41, 5.74) is 8.67. The van der Waals surface area contributed by atoms with Gasteiger partial charge in [-0.3, -0.25) is 14.4 Å². The Morgan fingerprint density at radius 2 is 1.82 bits per heavy atom. The molecular weight excluding hydrogens is 494 g/mol. The van der Waals surface area contributed by atoms with Crippen molar-refractivity contribution in [3.63, 3.8) is 0 Å². The standard InChI is InChI=1S/C30H41N5O4/c1-21(32-3)28(36)33-22(2)29(37)35-17-8-11-25(35)20-34(18-16-23-9-6-5-7-10-23)30(38)27(31)19-24-12-14-26(39-4)15-13-24/h5-7,9-10,12-15,21,25,27,32H,8,11,16-20,31H2,1-4H3/t21-,25-,27+/m0/s1. The number of hydrogen-bond acceptors (Lipinski definition) is 6. The van der Waals surface area contributed by atoms with E-state index in [9.17, 15) is 14.4 Å². The van der Waals surface area contributed by atoms with Crippen molar-refractivity contribution >= 4 is 23.4 Å². The molecule has 2 aromatic rings. The fourth-order valence-electron chi connectivity index (χ4n) is 4.73. The van der Waals surface area contributed by atoms with E-state index in [1.165, 1.54) is 0 Å². The number of likely N-dealkylation sites (tertiary alicyclic amines) is 1. The molecule has 1 saturated heterocycles. The molecule has 39 heavy (non-hydrogen) atoms. The van der Waals surface area contributed by atoms with Gasteiger partial charge in [-0.1, -0.05) is 42.5 Å². The van der Waals surface area contributed by atoms with Crippen molar-refractivity contribution in [2.45, 2.75) is 57.7 Å². The molecule has 0 radical (unpaired) electrons. The molecule has 1 aliphatic rings. The Balaban J connectivity index is 1.74. The van der Waals surface area contributed by atoms with E-state index in [1.54, 1.807) is 37.8 Å². The smallest absolute Gasteiger partial charge is 0.268 e. The van der Waals surface area contributed by atoms with Crippen LogP contribution in [0.2, 0.25) is 0 Å². The van der Waals surface area contributed by atoms with Gasteiger partial charge in [-0.25, -0.2) is 4.99 Å². The first-order valence-electron chi connectivity index (χ1n) is 13.5. The highest BCUT2D eigenvalue weighted by molar-refractivity contribution is 6.39. The van der Waals surface area contributed by atoms with Gasteiger partial charge in [0, 0.05) is 25.7 Å². The predicted octanol–water partition coefficient (Wildman–Crippen LogP) is 2.22. The first-order chi connectivity index (χ1) is 18.7. The van der Waals surface area contributed by atoms with Crippen LogP contribution in [-0.4, -0.2) is 85.2 Å². The fraction of sp³-hybridized carbons (Fsp3) is 0.467. The molecule has 0 bridgehead atoms. The molecule has 0 aliphatic carbocycles. The molecular formula is C30H41N5O4. The second-order valence-electron chi connectivity index (χ2n) is 10.0. The number of hydrogen-bond donors (Lipinski definition) is 2. The third kappa shape index (κ3) is 8.46. The number of likely N-dealkylation sites (N-methyl/N-ethyl adjacent to an activating group) is 1. The number of nitrogens with two attached hydrogens (primary N) is 1. The Kier molecular flexibility index (Phi) is 11.2. The highest BCUT2D eigenvalue weighted by Crippen LogP contribution is 2.20. The van der Waals surface area contributed by atoms with Gasteiger partial charge < -0.3 is 25.6 Å². The highest BCUT2D eigenvalue weighted by atomic mass is 16.5. The van der Waals surface area contributed by atoms with Crippen LogP contribution in [0.5, 0.6) is 5.75 Å². The maximum Gasteiger partial charge on any atom is 0.268 e. The zero-order valence-corrected chi connectivity index (χ0v) is 23.4. The lowest BCUT2D eigenvalue weighted by Gasteiger charge is -2.32. The van der Waals surface area contributed by atoms with E-state index < -0.39 is 12.1 Å².